The zero-order chi connectivity index (χ0) is 12.5. The van der Waals surface area contributed by atoms with Crippen LogP contribution >= 0.6 is 0 Å². The van der Waals surface area contributed by atoms with Gasteiger partial charge in [0.25, 0.3) is 0 Å². The van der Waals surface area contributed by atoms with Crippen molar-refractivity contribution in [2.24, 2.45) is 4.99 Å². The van der Waals surface area contributed by atoms with Gasteiger partial charge in [0, 0.05) is 6.20 Å². The molecule has 0 radical (unpaired) electrons. The van der Waals surface area contributed by atoms with Crippen molar-refractivity contribution < 1.29 is 9.53 Å². The van der Waals surface area contributed by atoms with Crippen LogP contribution in [0.4, 0.5) is 0 Å². The summed E-state index contributed by atoms with van der Waals surface area (Å²) in [6.45, 7) is 1.90. The second-order valence-electron chi connectivity index (χ2n) is 3.04. The average Bonchev–Trinajstić information content (AvgIpc) is 2.36. The molecule has 17 heavy (non-hydrogen) atoms. The Hall–Kier alpha value is -2.41. The highest BCUT2D eigenvalue weighted by Crippen LogP contribution is 2.01. The molecular weight excluding hydrogens is 216 g/mol. The van der Waals surface area contributed by atoms with Crippen molar-refractivity contribution in [1.29, 1.82) is 5.26 Å². The molecule has 0 saturated carbocycles. The molecular formula is C13H12N2O2. The molecule has 0 unspecified atom stereocenters. The third-order valence-corrected chi connectivity index (χ3v) is 1.84. The fourth-order valence-electron chi connectivity index (χ4n) is 1.09. The summed E-state index contributed by atoms with van der Waals surface area (Å²) in [5.74, 6) is -0.701. The zero-order valence-corrected chi connectivity index (χ0v) is 9.46. The first-order valence-corrected chi connectivity index (χ1v) is 5.14. The molecule has 0 bridgehead atoms. The fourth-order valence-corrected chi connectivity index (χ4v) is 1.09. The number of rotatable bonds is 4. The van der Waals surface area contributed by atoms with Crippen LogP contribution in [0.5, 0.6) is 0 Å². The molecule has 0 N–H and O–H groups in total. The van der Waals surface area contributed by atoms with Crippen molar-refractivity contribution in [1.82, 2.24) is 0 Å². The summed E-state index contributed by atoms with van der Waals surface area (Å²) in [6, 6.07) is 11.2. The molecule has 0 aliphatic heterocycles. The highest BCUT2D eigenvalue weighted by atomic mass is 16.5. The van der Waals surface area contributed by atoms with Gasteiger partial charge < -0.3 is 4.74 Å². The number of benzene rings is 1. The first-order valence-electron chi connectivity index (χ1n) is 5.14. The monoisotopic (exact) mass is 228 g/mol. The lowest BCUT2D eigenvalue weighted by atomic mass is 10.2. The van der Waals surface area contributed by atoms with Gasteiger partial charge in [-0.25, -0.2) is 9.79 Å². The summed E-state index contributed by atoms with van der Waals surface area (Å²) in [7, 11) is 0. The number of carbonyl (C=O) groups excluding carboxylic acids is 1. The van der Waals surface area contributed by atoms with Gasteiger partial charge in [-0.2, -0.15) is 5.26 Å². The molecule has 0 aliphatic rings. The normalized spacial score (nSPS) is 11.2. The van der Waals surface area contributed by atoms with Gasteiger partial charge >= 0.3 is 5.97 Å². The Kier molecular flexibility index (Phi) is 5.18. The zero-order valence-electron chi connectivity index (χ0n) is 9.46. The van der Waals surface area contributed by atoms with Crippen molar-refractivity contribution >= 4 is 17.8 Å². The van der Waals surface area contributed by atoms with Gasteiger partial charge in [-0.1, -0.05) is 30.3 Å². The maximum Gasteiger partial charge on any atom is 0.367 e. The largest absolute Gasteiger partial charge is 0.461 e. The van der Waals surface area contributed by atoms with Crippen molar-refractivity contribution in [3.8, 4) is 6.07 Å². The lowest BCUT2D eigenvalue weighted by molar-refractivity contribution is -0.134. The molecule has 0 fully saturated rings. The van der Waals surface area contributed by atoms with E-state index in [4.69, 9.17) is 5.26 Å². The molecule has 0 spiro atoms. The topological polar surface area (TPSA) is 62.5 Å². The molecule has 0 aromatic heterocycles. The standard InChI is InChI=1S/C13H12N2O2/c1-2-17-13(16)12(10-14)15-9-8-11-6-4-3-5-7-11/h3-9H,2H2,1H3. The van der Waals surface area contributed by atoms with Crippen LogP contribution in [0.1, 0.15) is 12.5 Å². The molecule has 0 heterocycles. The summed E-state index contributed by atoms with van der Waals surface area (Å²) in [6.07, 6.45) is 3.11. The van der Waals surface area contributed by atoms with E-state index in [1.165, 1.54) is 6.20 Å². The molecule has 1 aromatic rings. The summed E-state index contributed by atoms with van der Waals surface area (Å²) >= 11 is 0. The number of ether oxygens (including phenoxy) is 1. The Morgan fingerprint density at radius 1 is 1.47 bits per heavy atom. The molecule has 0 amide bonds. The predicted molar refractivity (Wildman–Crippen MR) is 65.2 cm³/mol. The molecule has 0 atom stereocenters. The Labute approximate surface area is 99.9 Å². The van der Waals surface area contributed by atoms with Crippen LogP contribution in [0.2, 0.25) is 0 Å². The number of nitriles is 1. The summed E-state index contributed by atoms with van der Waals surface area (Å²) in [4.78, 5) is 15.0. The van der Waals surface area contributed by atoms with E-state index in [-0.39, 0.29) is 12.3 Å². The molecule has 4 heteroatoms. The number of carbonyl (C=O) groups is 1. The van der Waals surface area contributed by atoms with Crippen LogP contribution < -0.4 is 0 Å². The summed E-state index contributed by atoms with van der Waals surface area (Å²) in [5.41, 5.74) is 0.691. The van der Waals surface area contributed by atoms with Gasteiger partial charge in [0.05, 0.1) is 6.61 Å². The Morgan fingerprint density at radius 3 is 2.76 bits per heavy atom. The van der Waals surface area contributed by atoms with Crippen molar-refractivity contribution in [3.63, 3.8) is 0 Å². The molecule has 4 nitrogen and oxygen atoms in total. The number of esters is 1. The van der Waals surface area contributed by atoms with Crippen molar-refractivity contribution in [2.45, 2.75) is 6.92 Å². The minimum Gasteiger partial charge on any atom is -0.461 e. The van der Waals surface area contributed by atoms with Gasteiger partial charge in [-0.15, -0.1) is 0 Å². The van der Waals surface area contributed by atoms with Gasteiger partial charge in [0.1, 0.15) is 6.07 Å². The van der Waals surface area contributed by atoms with E-state index in [2.05, 4.69) is 9.73 Å². The van der Waals surface area contributed by atoms with Crippen LogP contribution in [0.3, 0.4) is 0 Å². The van der Waals surface area contributed by atoms with E-state index in [0.29, 0.717) is 0 Å². The van der Waals surface area contributed by atoms with E-state index in [1.54, 1.807) is 19.1 Å². The number of aliphatic imine (C=N–C) groups is 1. The predicted octanol–water partition coefficient (Wildman–Crippen LogP) is 2.18. The van der Waals surface area contributed by atoms with Crippen LogP contribution in [0.25, 0.3) is 6.08 Å². The SMILES string of the molecule is CCOC(=O)C(C#N)=NC=Cc1ccccc1. The lowest BCUT2D eigenvalue weighted by Gasteiger charge is -1.96. The maximum atomic E-state index is 11.2. The Bertz CT molecular complexity index is 470. The smallest absolute Gasteiger partial charge is 0.367 e. The summed E-state index contributed by atoms with van der Waals surface area (Å²) < 4.78 is 4.67. The van der Waals surface area contributed by atoms with E-state index >= 15 is 0 Å². The maximum absolute atomic E-state index is 11.2. The first-order chi connectivity index (χ1) is 8.27. The third-order valence-electron chi connectivity index (χ3n) is 1.84. The lowest BCUT2D eigenvalue weighted by Crippen LogP contribution is -2.15. The molecule has 1 aromatic carbocycles. The fraction of sp³-hybridized carbons (Fsp3) is 0.154. The van der Waals surface area contributed by atoms with E-state index in [9.17, 15) is 4.79 Å². The second-order valence-corrected chi connectivity index (χ2v) is 3.04. The van der Waals surface area contributed by atoms with Crippen molar-refractivity contribution in [3.05, 3.63) is 42.1 Å². The van der Waals surface area contributed by atoms with Gasteiger partial charge in [0.15, 0.2) is 0 Å². The summed E-state index contributed by atoms with van der Waals surface area (Å²) in [5, 5.41) is 8.70. The van der Waals surface area contributed by atoms with Gasteiger partial charge in [-0.3, -0.25) is 0 Å². The highest BCUT2D eigenvalue weighted by molar-refractivity contribution is 6.43. The average molecular weight is 228 g/mol. The van der Waals surface area contributed by atoms with Crippen LogP contribution in [0.15, 0.2) is 41.5 Å². The second kappa shape index (κ2) is 6.96. The minimum absolute atomic E-state index is 0.224. The van der Waals surface area contributed by atoms with Gasteiger partial charge in [-0.05, 0) is 18.6 Å². The third kappa shape index (κ3) is 4.31. The number of hydrogen-bond acceptors (Lipinski definition) is 4. The van der Waals surface area contributed by atoms with E-state index in [1.807, 2.05) is 30.3 Å². The highest BCUT2D eigenvalue weighted by Gasteiger charge is 2.09. The van der Waals surface area contributed by atoms with E-state index in [0.717, 1.165) is 5.56 Å². The minimum atomic E-state index is -0.701. The van der Waals surface area contributed by atoms with Crippen molar-refractivity contribution in [2.75, 3.05) is 6.61 Å². The number of nitrogens with zero attached hydrogens (tertiary/aromatic N) is 2. The quantitative estimate of drug-likeness (QED) is 0.586. The Morgan fingerprint density at radius 2 is 2.18 bits per heavy atom. The molecule has 0 aliphatic carbocycles. The number of hydrogen-bond donors (Lipinski definition) is 0. The molecule has 86 valence electrons. The Balaban J connectivity index is 2.72. The first kappa shape index (κ1) is 12.7. The van der Waals surface area contributed by atoms with E-state index < -0.39 is 5.97 Å². The molecule has 1 rings (SSSR count). The van der Waals surface area contributed by atoms with Gasteiger partial charge in [0.2, 0.25) is 5.71 Å². The van der Waals surface area contributed by atoms with Crippen LogP contribution in [-0.4, -0.2) is 18.3 Å². The molecule has 0 saturated heterocycles. The van der Waals surface area contributed by atoms with Crippen LogP contribution in [-0.2, 0) is 9.53 Å². The van der Waals surface area contributed by atoms with Crippen LogP contribution in [0, 0.1) is 11.3 Å².